The van der Waals surface area contributed by atoms with Crippen molar-refractivity contribution in [1.29, 1.82) is 0 Å². The molecule has 0 amide bonds. The molecule has 0 bridgehead atoms. The summed E-state index contributed by atoms with van der Waals surface area (Å²) in [7, 11) is 0. The molecule has 0 aromatic heterocycles. The van der Waals surface area contributed by atoms with E-state index in [1.807, 2.05) is 0 Å². The zero-order valence-corrected chi connectivity index (χ0v) is 12.1. The molecule has 0 aromatic carbocycles. The van der Waals surface area contributed by atoms with Gasteiger partial charge in [-0.15, -0.1) is 0 Å². The Bertz CT molecular complexity index is 299. The standard InChI is InChI=1S/C13H24N2O2S/c1-3-5-10(16)11-7-6-9-12(17-11)18-13(15-9)14-8-4-2/h9-12,16H,3-8H2,1-2H3,(H,14,15)/t9-,10-,11-,12-/m1/s1. The molecule has 0 saturated carbocycles. The summed E-state index contributed by atoms with van der Waals surface area (Å²) in [6, 6.07) is 0.371. The van der Waals surface area contributed by atoms with Gasteiger partial charge in [0, 0.05) is 6.54 Å². The Morgan fingerprint density at radius 1 is 1.44 bits per heavy atom. The monoisotopic (exact) mass is 272 g/mol. The number of hydrogen-bond acceptors (Lipinski definition) is 4. The Hall–Kier alpha value is -0.260. The van der Waals surface area contributed by atoms with E-state index in [4.69, 9.17) is 4.74 Å². The number of aliphatic hydroxyl groups is 1. The van der Waals surface area contributed by atoms with Crippen LogP contribution in [0.5, 0.6) is 0 Å². The lowest BCUT2D eigenvalue weighted by molar-refractivity contribution is -0.0836. The molecule has 104 valence electrons. The Kier molecular flexibility index (Phi) is 5.33. The van der Waals surface area contributed by atoms with Crippen molar-refractivity contribution in [3.8, 4) is 0 Å². The first-order chi connectivity index (χ1) is 8.74. The van der Waals surface area contributed by atoms with Crippen molar-refractivity contribution in [2.24, 2.45) is 4.99 Å². The summed E-state index contributed by atoms with van der Waals surface area (Å²) in [4.78, 5) is 4.50. The quantitative estimate of drug-likeness (QED) is 0.805. The summed E-state index contributed by atoms with van der Waals surface area (Å²) >= 11 is 1.68. The fraction of sp³-hybridized carbons (Fsp3) is 0.923. The summed E-state index contributed by atoms with van der Waals surface area (Å²) in [5, 5.41) is 14.5. The average molecular weight is 272 g/mol. The highest BCUT2D eigenvalue weighted by Gasteiger charge is 2.40. The molecule has 5 heteroatoms. The van der Waals surface area contributed by atoms with E-state index >= 15 is 0 Å². The van der Waals surface area contributed by atoms with Gasteiger partial charge in [-0.3, -0.25) is 4.99 Å². The molecule has 0 aliphatic carbocycles. The van der Waals surface area contributed by atoms with Crippen molar-refractivity contribution in [2.75, 3.05) is 6.54 Å². The molecular formula is C13H24N2O2S. The number of nitrogens with zero attached hydrogens (tertiary/aromatic N) is 1. The van der Waals surface area contributed by atoms with Gasteiger partial charge in [0.1, 0.15) is 5.44 Å². The van der Waals surface area contributed by atoms with Crippen LogP contribution in [0.15, 0.2) is 4.99 Å². The third kappa shape index (κ3) is 3.39. The van der Waals surface area contributed by atoms with Crippen molar-refractivity contribution in [1.82, 2.24) is 5.32 Å². The first kappa shape index (κ1) is 14.2. The van der Waals surface area contributed by atoms with E-state index in [0.29, 0.717) is 6.04 Å². The van der Waals surface area contributed by atoms with Crippen LogP contribution in [-0.2, 0) is 4.74 Å². The average Bonchev–Trinajstić information content (AvgIpc) is 2.78. The Balaban J connectivity index is 1.87. The number of nitrogens with one attached hydrogen (secondary N) is 1. The molecule has 2 aliphatic heterocycles. The second-order valence-corrected chi connectivity index (χ2v) is 6.12. The number of aliphatic hydroxyl groups excluding tert-OH is 1. The van der Waals surface area contributed by atoms with E-state index in [-0.39, 0.29) is 17.6 Å². The van der Waals surface area contributed by atoms with Crippen LogP contribution in [-0.4, -0.2) is 40.5 Å². The number of hydrogen-bond donors (Lipinski definition) is 2. The molecule has 0 radical (unpaired) electrons. The second-order valence-electron chi connectivity index (χ2n) is 5.03. The molecule has 2 fully saturated rings. The van der Waals surface area contributed by atoms with Gasteiger partial charge in [0.25, 0.3) is 0 Å². The molecule has 2 heterocycles. The lowest BCUT2D eigenvalue weighted by Crippen LogP contribution is -2.44. The maximum atomic E-state index is 10.0. The Labute approximate surface area is 114 Å². The highest BCUT2D eigenvalue weighted by atomic mass is 32.2. The van der Waals surface area contributed by atoms with Gasteiger partial charge in [-0.25, -0.2) is 0 Å². The molecule has 4 atom stereocenters. The third-order valence-electron chi connectivity index (χ3n) is 3.43. The molecule has 0 aromatic rings. The number of aliphatic imine (C=N–C) groups is 1. The van der Waals surface area contributed by atoms with E-state index in [1.54, 1.807) is 11.8 Å². The summed E-state index contributed by atoms with van der Waals surface area (Å²) in [6.07, 6.45) is 4.60. The smallest absolute Gasteiger partial charge is 0.159 e. The predicted molar refractivity (Wildman–Crippen MR) is 75.9 cm³/mol. The maximum Gasteiger partial charge on any atom is 0.159 e. The Morgan fingerprint density at radius 3 is 3.00 bits per heavy atom. The molecule has 2 saturated heterocycles. The van der Waals surface area contributed by atoms with Crippen LogP contribution < -0.4 is 5.32 Å². The number of amidine groups is 1. The molecule has 4 nitrogen and oxygen atoms in total. The largest absolute Gasteiger partial charge is 0.390 e. The van der Waals surface area contributed by atoms with Crippen LogP contribution in [0, 0.1) is 0 Å². The molecule has 18 heavy (non-hydrogen) atoms. The third-order valence-corrected chi connectivity index (χ3v) is 4.57. The lowest BCUT2D eigenvalue weighted by atomic mass is 9.98. The van der Waals surface area contributed by atoms with E-state index in [0.717, 1.165) is 43.8 Å². The van der Waals surface area contributed by atoms with Gasteiger partial charge in [-0.05, 0) is 25.7 Å². The number of thioether (sulfide) groups is 1. The second kappa shape index (κ2) is 6.78. The zero-order chi connectivity index (χ0) is 13.0. The highest BCUT2D eigenvalue weighted by molar-refractivity contribution is 8.14. The van der Waals surface area contributed by atoms with Crippen LogP contribution >= 0.6 is 11.8 Å². The van der Waals surface area contributed by atoms with Crippen LogP contribution in [0.25, 0.3) is 0 Å². The van der Waals surface area contributed by atoms with Crippen molar-refractivity contribution in [3.63, 3.8) is 0 Å². The molecule has 0 unspecified atom stereocenters. The first-order valence-electron chi connectivity index (χ1n) is 7.05. The number of fused-ring (bicyclic) bond motifs is 1. The normalized spacial score (nSPS) is 35.3. The van der Waals surface area contributed by atoms with Crippen molar-refractivity contribution in [3.05, 3.63) is 0 Å². The van der Waals surface area contributed by atoms with Crippen molar-refractivity contribution < 1.29 is 9.84 Å². The minimum absolute atomic E-state index is 0.00558. The lowest BCUT2D eigenvalue weighted by Gasteiger charge is -2.33. The Morgan fingerprint density at radius 2 is 2.28 bits per heavy atom. The summed E-state index contributed by atoms with van der Waals surface area (Å²) < 4.78 is 6.00. The molecule has 2 rings (SSSR count). The molecular weight excluding hydrogens is 248 g/mol. The van der Waals surface area contributed by atoms with Crippen LogP contribution in [0.3, 0.4) is 0 Å². The van der Waals surface area contributed by atoms with Gasteiger partial charge in [0.05, 0.1) is 18.2 Å². The molecule has 2 aliphatic rings. The van der Waals surface area contributed by atoms with Gasteiger partial charge >= 0.3 is 0 Å². The van der Waals surface area contributed by atoms with E-state index in [1.165, 1.54) is 0 Å². The summed E-state index contributed by atoms with van der Waals surface area (Å²) in [6.45, 7) is 5.09. The van der Waals surface area contributed by atoms with Gasteiger partial charge < -0.3 is 15.2 Å². The van der Waals surface area contributed by atoms with Crippen molar-refractivity contribution >= 4 is 16.9 Å². The van der Waals surface area contributed by atoms with E-state index in [9.17, 15) is 5.11 Å². The SMILES string of the molecule is CCCN=C1N[C@@H]2CC[C@H]([C@H](O)CCC)O[C@@H]2S1. The molecule has 2 N–H and O–H groups in total. The zero-order valence-electron chi connectivity index (χ0n) is 11.3. The van der Waals surface area contributed by atoms with Crippen LogP contribution in [0.2, 0.25) is 0 Å². The minimum atomic E-state index is -0.312. The highest BCUT2D eigenvalue weighted by Crippen LogP contribution is 2.34. The van der Waals surface area contributed by atoms with Crippen LogP contribution in [0.4, 0.5) is 0 Å². The van der Waals surface area contributed by atoms with Gasteiger partial charge in [0.15, 0.2) is 5.17 Å². The van der Waals surface area contributed by atoms with Crippen molar-refractivity contribution in [2.45, 2.75) is 69.6 Å². The fourth-order valence-corrected chi connectivity index (χ4v) is 3.60. The van der Waals surface area contributed by atoms with Crippen LogP contribution in [0.1, 0.15) is 46.0 Å². The minimum Gasteiger partial charge on any atom is -0.390 e. The summed E-state index contributed by atoms with van der Waals surface area (Å²) in [5.41, 5.74) is 0.130. The number of rotatable bonds is 5. The molecule has 0 spiro atoms. The summed E-state index contributed by atoms with van der Waals surface area (Å²) in [5.74, 6) is 0. The van der Waals surface area contributed by atoms with Gasteiger partial charge in [-0.2, -0.15) is 0 Å². The van der Waals surface area contributed by atoms with Gasteiger partial charge in [-0.1, -0.05) is 32.0 Å². The number of ether oxygens (including phenoxy) is 1. The van der Waals surface area contributed by atoms with E-state index < -0.39 is 0 Å². The topological polar surface area (TPSA) is 53.9 Å². The fourth-order valence-electron chi connectivity index (χ4n) is 2.43. The van der Waals surface area contributed by atoms with Gasteiger partial charge in [0.2, 0.25) is 0 Å². The first-order valence-corrected chi connectivity index (χ1v) is 7.93. The van der Waals surface area contributed by atoms with E-state index in [2.05, 4.69) is 24.2 Å². The maximum absolute atomic E-state index is 10.0. The predicted octanol–water partition coefficient (Wildman–Crippen LogP) is 2.12.